The molecule has 1 aromatic carbocycles. The van der Waals surface area contributed by atoms with Gasteiger partial charge in [0.15, 0.2) is 0 Å². The summed E-state index contributed by atoms with van der Waals surface area (Å²) in [4.78, 5) is 4.19. The first-order chi connectivity index (χ1) is 8.24. The maximum atomic E-state index is 13.2. The third-order valence-corrected chi connectivity index (χ3v) is 2.90. The van der Waals surface area contributed by atoms with Gasteiger partial charge in [-0.25, -0.2) is 13.8 Å². The number of benzene rings is 1. The van der Waals surface area contributed by atoms with Crippen LogP contribution in [0.3, 0.4) is 0 Å². The zero-order valence-electron chi connectivity index (χ0n) is 9.00. The Labute approximate surface area is 97.3 Å². The number of aromatic nitrogens is 1. The Morgan fingerprint density at radius 3 is 2.65 bits per heavy atom. The Balaban J connectivity index is 2.19. The summed E-state index contributed by atoms with van der Waals surface area (Å²) in [5.41, 5.74) is 2.43. The van der Waals surface area contributed by atoms with Crippen molar-refractivity contribution in [2.45, 2.75) is 6.42 Å². The molecule has 2 heterocycles. The monoisotopic (exact) mass is 232 g/mol. The Morgan fingerprint density at radius 1 is 1.12 bits per heavy atom. The third kappa shape index (κ3) is 1.75. The molecule has 0 bridgehead atoms. The van der Waals surface area contributed by atoms with Crippen LogP contribution < -0.4 is 5.32 Å². The normalized spacial score (nSPS) is 13.3. The second kappa shape index (κ2) is 3.80. The number of hydrogen-bond acceptors (Lipinski definition) is 2. The molecule has 17 heavy (non-hydrogen) atoms. The molecule has 0 saturated carbocycles. The highest BCUT2D eigenvalue weighted by Gasteiger charge is 2.16. The molecule has 0 atom stereocenters. The second-order valence-electron chi connectivity index (χ2n) is 4.02. The van der Waals surface area contributed by atoms with E-state index in [0.29, 0.717) is 5.56 Å². The highest BCUT2D eigenvalue weighted by molar-refractivity contribution is 5.73. The fourth-order valence-corrected chi connectivity index (χ4v) is 2.18. The third-order valence-electron chi connectivity index (χ3n) is 2.90. The summed E-state index contributed by atoms with van der Waals surface area (Å²) in [5.74, 6) is -0.305. The van der Waals surface area contributed by atoms with Gasteiger partial charge in [0.25, 0.3) is 0 Å². The molecule has 1 aliphatic heterocycles. The highest BCUT2D eigenvalue weighted by atomic mass is 19.1. The van der Waals surface area contributed by atoms with Crippen LogP contribution in [0.15, 0.2) is 30.5 Å². The van der Waals surface area contributed by atoms with Crippen molar-refractivity contribution < 1.29 is 8.78 Å². The maximum Gasteiger partial charge on any atom is 0.129 e. The number of anilines is 1. The SMILES string of the molecule is Fc1cc(F)cc(-c2ccnc3c2CCN3)c1. The van der Waals surface area contributed by atoms with Gasteiger partial charge in [0, 0.05) is 24.4 Å². The van der Waals surface area contributed by atoms with Crippen LogP contribution in [0, 0.1) is 11.6 Å². The number of rotatable bonds is 1. The van der Waals surface area contributed by atoms with Crippen molar-refractivity contribution in [2.24, 2.45) is 0 Å². The van der Waals surface area contributed by atoms with Crippen molar-refractivity contribution in [3.63, 3.8) is 0 Å². The van der Waals surface area contributed by atoms with E-state index in [1.54, 1.807) is 12.3 Å². The second-order valence-corrected chi connectivity index (χ2v) is 4.02. The summed E-state index contributed by atoms with van der Waals surface area (Å²) in [6.45, 7) is 0.817. The van der Waals surface area contributed by atoms with Gasteiger partial charge in [0.1, 0.15) is 17.5 Å². The van der Waals surface area contributed by atoms with Crippen LogP contribution in [0.5, 0.6) is 0 Å². The molecule has 1 aliphatic rings. The first-order valence-electron chi connectivity index (χ1n) is 5.42. The predicted molar refractivity (Wildman–Crippen MR) is 61.8 cm³/mol. The lowest BCUT2D eigenvalue weighted by Crippen LogP contribution is -1.92. The molecule has 0 radical (unpaired) electrons. The van der Waals surface area contributed by atoms with Crippen molar-refractivity contribution >= 4 is 5.82 Å². The van der Waals surface area contributed by atoms with Crippen LogP contribution >= 0.6 is 0 Å². The molecular weight excluding hydrogens is 222 g/mol. The summed E-state index contributed by atoms with van der Waals surface area (Å²) < 4.78 is 26.4. The molecule has 0 spiro atoms. The smallest absolute Gasteiger partial charge is 0.129 e. The van der Waals surface area contributed by atoms with Crippen LogP contribution in [0.1, 0.15) is 5.56 Å². The minimum absolute atomic E-state index is 0.559. The zero-order chi connectivity index (χ0) is 11.8. The number of halogens is 2. The molecule has 1 N–H and O–H groups in total. The van der Waals surface area contributed by atoms with Gasteiger partial charge in [-0.2, -0.15) is 0 Å². The Hall–Kier alpha value is -1.97. The van der Waals surface area contributed by atoms with Crippen LogP contribution in [0.25, 0.3) is 11.1 Å². The Kier molecular flexibility index (Phi) is 2.28. The topological polar surface area (TPSA) is 24.9 Å². The van der Waals surface area contributed by atoms with Crippen molar-refractivity contribution in [1.29, 1.82) is 0 Å². The minimum atomic E-state index is -0.559. The molecule has 3 rings (SSSR count). The molecule has 2 nitrogen and oxygen atoms in total. The summed E-state index contributed by atoms with van der Waals surface area (Å²) in [6.07, 6.45) is 2.48. The van der Waals surface area contributed by atoms with E-state index in [2.05, 4.69) is 10.3 Å². The average Bonchev–Trinajstić information content (AvgIpc) is 2.75. The van der Waals surface area contributed by atoms with E-state index in [9.17, 15) is 8.78 Å². The van der Waals surface area contributed by atoms with E-state index in [-0.39, 0.29) is 0 Å². The van der Waals surface area contributed by atoms with Gasteiger partial charge in [-0.05, 0) is 35.7 Å². The van der Waals surface area contributed by atoms with Crippen molar-refractivity contribution in [3.8, 4) is 11.1 Å². The zero-order valence-corrected chi connectivity index (χ0v) is 9.00. The summed E-state index contributed by atoms with van der Waals surface area (Å²) in [5, 5.41) is 3.14. The predicted octanol–water partition coefficient (Wildman–Crippen LogP) is 2.99. The van der Waals surface area contributed by atoms with Crippen molar-refractivity contribution in [3.05, 3.63) is 47.7 Å². The molecule has 0 saturated heterocycles. The van der Waals surface area contributed by atoms with E-state index in [4.69, 9.17) is 0 Å². The average molecular weight is 232 g/mol. The van der Waals surface area contributed by atoms with Gasteiger partial charge < -0.3 is 5.32 Å². The van der Waals surface area contributed by atoms with Crippen LogP contribution in [-0.4, -0.2) is 11.5 Å². The minimum Gasteiger partial charge on any atom is -0.369 e. The van der Waals surface area contributed by atoms with Crippen LogP contribution in [-0.2, 0) is 6.42 Å². The van der Waals surface area contributed by atoms with Gasteiger partial charge in [-0.15, -0.1) is 0 Å². The van der Waals surface area contributed by atoms with Crippen molar-refractivity contribution in [2.75, 3.05) is 11.9 Å². The highest BCUT2D eigenvalue weighted by Crippen LogP contribution is 2.31. The summed E-state index contributed by atoms with van der Waals surface area (Å²) in [7, 11) is 0. The van der Waals surface area contributed by atoms with E-state index in [1.165, 1.54) is 12.1 Å². The van der Waals surface area contributed by atoms with Gasteiger partial charge in [-0.1, -0.05) is 0 Å². The van der Waals surface area contributed by atoms with E-state index in [1.807, 2.05) is 0 Å². The number of pyridine rings is 1. The lowest BCUT2D eigenvalue weighted by atomic mass is 10.00. The van der Waals surface area contributed by atoms with E-state index >= 15 is 0 Å². The maximum absolute atomic E-state index is 13.2. The lowest BCUT2D eigenvalue weighted by molar-refractivity contribution is 0.584. The number of hydrogen-bond donors (Lipinski definition) is 1. The lowest BCUT2D eigenvalue weighted by Gasteiger charge is -2.07. The van der Waals surface area contributed by atoms with E-state index in [0.717, 1.165) is 36.0 Å². The molecule has 0 amide bonds. The first-order valence-corrected chi connectivity index (χ1v) is 5.42. The van der Waals surface area contributed by atoms with Crippen LogP contribution in [0.2, 0.25) is 0 Å². The number of nitrogens with one attached hydrogen (secondary N) is 1. The molecular formula is C13H10F2N2. The quantitative estimate of drug-likeness (QED) is 0.817. The molecule has 1 aromatic heterocycles. The Bertz CT molecular complexity index is 561. The van der Waals surface area contributed by atoms with Crippen LogP contribution in [0.4, 0.5) is 14.6 Å². The Morgan fingerprint density at radius 2 is 1.88 bits per heavy atom. The van der Waals surface area contributed by atoms with Gasteiger partial charge in [0.05, 0.1) is 0 Å². The summed E-state index contributed by atoms with van der Waals surface area (Å²) in [6, 6.07) is 5.36. The van der Waals surface area contributed by atoms with Crippen molar-refractivity contribution in [1.82, 2.24) is 4.98 Å². The van der Waals surface area contributed by atoms with E-state index < -0.39 is 11.6 Å². The molecule has 86 valence electrons. The number of nitrogens with zero attached hydrogens (tertiary/aromatic N) is 1. The first kappa shape index (κ1) is 10.2. The molecule has 4 heteroatoms. The fraction of sp³-hybridized carbons (Fsp3) is 0.154. The molecule has 0 unspecified atom stereocenters. The summed E-state index contributed by atoms with van der Waals surface area (Å²) >= 11 is 0. The fourth-order valence-electron chi connectivity index (χ4n) is 2.18. The van der Waals surface area contributed by atoms with Gasteiger partial charge >= 0.3 is 0 Å². The number of fused-ring (bicyclic) bond motifs is 1. The molecule has 0 fully saturated rings. The van der Waals surface area contributed by atoms with Gasteiger partial charge in [0.2, 0.25) is 0 Å². The largest absolute Gasteiger partial charge is 0.369 e. The van der Waals surface area contributed by atoms with Gasteiger partial charge in [-0.3, -0.25) is 0 Å². The standard InChI is InChI=1S/C13H10F2N2/c14-9-5-8(6-10(15)7-9)11-1-3-16-13-12(11)2-4-17-13/h1,3,5-7H,2,4H2,(H,16,17). The molecule has 2 aromatic rings. The molecule has 0 aliphatic carbocycles.